The first-order valence-electron chi connectivity index (χ1n) is 7.21. The zero-order chi connectivity index (χ0) is 17.1. The monoisotopic (exact) mass is 347 g/mol. The van der Waals surface area contributed by atoms with Crippen molar-refractivity contribution in [3.05, 3.63) is 35.9 Å². The van der Waals surface area contributed by atoms with E-state index in [1.807, 2.05) is 0 Å². The summed E-state index contributed by atoms with van der Waals surface area (Å²) >= 11 is 0. The molecule has 1 saturated heterocycles. The summed E-state index contributed by atoms with van der Waals surface area (Å²) in [6, 6.07) is 6.05. The van der Waals surface area contributed by atoms with Crippen LogP contribution in [0.5, 0.6) is 0 Å². The molecule has 0 bridgehead atoms. The normalized spacial score (nSPS) is 20.4. The molecule has 0 saturated carbocycles. The van der Waals surface area contributed by atoms with Crippen molar-refractivity contribution in [1.82, 2.24) is 4.90 Å². The predicted octanol–water partition coefficient (Wildman–Crippen LogP) is 1.44. The van der Waals surface area contributed by atoms with E-state index in [0.717, 1.165) is 4.90 Å². The standard InChI is InChI=1S/C15H19F2NO4S/c1-22-9-8-18(13-7-10-23(20,21)11-13)14(19)15(16,17)12-5-3-2-4-6-12/h2-6,13H,7-11H2,1H3/t13-/m1/s1. The van der Waals surface area contributed by atoms with Crippen molar-refractivity contribution in [2.75, 3.05) is 31.8 Å². The molecule has 1 amide bonds. The molecule has 128 valence electrons. The molecule has 0 unspecified atom stereocenters. The van der Waals surface area contributed by atoms with Crippen molar-refractivity contribution in [3.8, 4) is 0 Å². The number of alkyl halides is 2. The van der Waals surface area contributed by atoms with Gasteiger partial charge >= 0.3 is 5.92 Å². The third kappa shape index (κ3) is 4.06. The molecule has 23 heavy (non-hydrogen) atoms. The number of ether oxygens (including phenoxy) is 1. The van der Waals surface area contributed by atoms with Crippen LogP contribution in [0.3, 0.4) is 0 Å². The van der Waals surface area contributed by atoms with Crippen LogP contribution in [0.2, 0.25) is 0 Å². The summed E-state index contributed by atoms with van der Waals surface area (Å²) in [5.74, 6) is -5.47. The van der Waals surface area contributed by atoms with E-state index in [1.165, 1.54) is 31.4 Å². The largest absolute Gasteiger partial charge is 0.383 e. The lowest BCUT2D eigenvalue weighted by molar-refractivity contribution is -0.161. The van der Waals surface area contributed by atoms with E-state index in [0.29, 0.717) is 0 Å². The van der Waals surface area contributed by atoms with E-state index in [1.54, 1.807) is 6.07 Å². The molecule has 2 rings (SSSR count). The Morgan fingerprint density at radius 3 is 2.52 bits per heavy atom. The van der Waals surface area contributed by atoms with E-state index in [9.17, 15) is 22.0 Å². The summed E-state index contributed by atoms with van der Waals surface area (Å²) in [5, 5.41) is 0. The Hall–Kier alpha value is -1.54. The van der Waals surface area contributed by atoms with Gasteiger partial charge < -0.3 is 9.64 Å². The van der Waals surface area contributed by atoms with Crippen LogP contribution in [0, 0.1) is 0 Å². The first-order chi connectivity index (χ1) is 10.8. The number of rotatable bonds is 6. The molecule has 5 nitrogen and oxygen atoms in total. The summed E-state index contributed by atoms with van der Waals surface area (Å²) in [5.41, 5.74) is -0.409. The van der Waals surface area contributed by atoms with Crippen LogP contribution in [0.1, 0.15) is 12.0 Å². The van der Waals surface area contributed by atoms with Crippen molar-refractivity contribution in [2.45, 2.75) is 18.4 Å². The van der Waals surface area contributed by atoms with Crippen molar-refractivity contribution in [3.63, 3.8) is 0 Å². The third-order valence-corrected chi connectivity index (χ3v) is 5.60. The van der Waals surface area contributed by atoms with E-state index in [4.69, 9.17) is 4.74 Å². The van der Waals surface area contributed by atoms with Crippen LogP contribution in [-0.2, 0) is 25.3 Å². The molecule has 0 spiro atoms. The second-order valence-corrected chi connectivity index (χ2v) is 7.72. The fraction of sp³-hybridized carbons (Fsp3) is 0.533. The highest BCUT2D eigenvalue weighted by atomic mass is 32.2. The van der Waals surface area contributed by atoms with Gasteiger partial charge in [0.15, 0.2) is 9.84 Å². The van der Waals surface area contributed by atoms with Crippen LogP contribution >= 0.6 is 0 Å². The van der Waals surface area contributed by atoms with Gasteiger partial charge in [-0.1, -0.05) is 30.3 Å². The smallest absolute Gasteiger partial charge is 0.349 e. The number of amides is 1. The molecule has 0 radical (unpaired) electrons. The maximum atomic E-state index is 14.5. The lowest BCUT2D eigenvalue weighted by atomic mass is 10.1. The lowest BCUT2D eigenvalue weighted by Crippen LogP contribution is -2.49. The molecule has 1 aliphatic heterocycles. The first-order valence-corrected chi connectivity index (χ1v) is 9.04. The number of halogens is 2. The number of carbonyl (C=O) groups excluding carboxylic acids is 1. The third-order valence-electron chi connectivity index (χ3n) is 3.85. The Kier molecular flexibility index (Phi) is 5.36. The van der Waals surface area contributed by atoms with Gasteiger partial charge in [0.25, 0.3) is 5.91 Å². The van der Waals surface area contributed by atoms with Gasteiger partial charge in [0, 0.05) is 25.3 Å². The van der Waals surface area contributed by atoms with Crippen LogP contribution in [0.25, 0.3) is 0 Å². The fourth-order valence-corrected chi connectivity index (χ4v) is 4.34. The number of benzene rings is 1. The van der Waals surface area contributed by atoms with Crippen LogP contribution < -0.4 is 0 Å². The minimum absolute atomic E-state index is 0.0627. The van der Waals surface area contributed by atoms with Gasteiger partial charge in [0.2, 0.25) is 0 Å². The minimum atomic E-state index is -3.71. The first kappa shape index (κ1) is 17.8. The van der Waals surface area contributed by atoms with Crippen LogP contribution in [0.15, 0.2) is 30.3 Å². The summed E-state index contributed by atoms with van der Waals surface area (Å²) in [6.45, 7) is -0.00883. The van der Waals surface area contributed by atoms with Gasteiger partial charge in [-0.15, -0.1) is 0 Å². The van der Waals surface area contributed by atoms with Gasteiger partial charge in [-0.2, -0.15) is 8.78 Å². The van der Waals surface area contributed by atoms with Crippen molar-refractivity contribution in [2.24, 2.45) is 0 Å². The molecule has 1 fully saturated rings. The zero-order valence-corrected chi connectivity index (χ0v) is 13.6. The summed E-state index contributed by atoms with van der Waals surface area (Å²) < 4.78 is 57.1. The van der Waals surface area contributed by atoms with Crippen molar-refractivity contribution in [1.29, 1.82) is 0 Å². The van der Waals surface area contributed by atoms with Gasteiger partial charge in [0.1, 0.15) is 0 Å². The minimum Gasteiger partial charge on any atom is -0.383 e. The maximum Gasteiger partial charge on any atom is 0.349 e. The number of hydrogen-bond donors (Lipinski definition) is 0. The molecule has 8 heteroatoms. The lowest BCUT2D eigenvalue weighted by Gasteiger charge is -2.31. The summed E-state index contributed by atoms with van der Waals surface area (Å²) in [6.07, 6.45) is 0.169. The molecular formula is C15H19F2NO4S. The highest BCUT2D eigenvalue weighted by Crippen LogP contribution is 2.32. The van der Waals surface area contributed by atoms with E-state index in [-0.39, 0.29) is 31.1 Å². The van der Waals surface area contributed by atoms with Gasteiger partial charge in [-0.05, 0) is 6.42 Å². The molecule has 0 aliphatic carbocycles. The maximum absolute atomic E-state index is 14.5. The molecule has 1 aromatic carbocycles. The SMILES string of the molecule is COCCN(C(=O)C(F)(F)c1ccccc1)[C@@H]1CCS(=O)(=O)C1. The Morgan fingerprint density at radius 2 is 2.00 bits per heavy atom. The zero-order valence-electron chi connectivity index (χ0n) is 12.7. The molecule has 0 aromatic heterocycles. The average Bonchev–Trinajstić information content (AvgIpc) is 2.88. The highest BCUT2D eigenvalue weighted by molar-refractivity contribution is 7.91. The Labute approximate surface area is 134 Å². The van der Waals surface area contributed by atoms with Crippen molar-refractivity contribution >= 4 is 15.7 Å². The highest BCUT2D eigenvalue weighted by Gasteiger charge is 2.47. The molecule has 1 aromatic rings. The number of nitrogens with zero attached hydrogens (tertiary/aromatic N) is 1. The van der Waals surface area contributed by atoms with E-state index in [2.05, 4.69) is 0 Å². The molecule has 1 heterocycles. The Bertz CT molecular complexity index is 649. The number of sulfone groups is 1. The molecular weight excluding hydrogens is 328 g/mol. The number of carbonyl (C=O) groups is 1. The van der Waals surface area contributed by atoms with Gasteiger partial charge in [-0.3, -0.25) is 4.79 Å². The number of hydrogen-bond acceptors (Lipinski definition) is 4. The van der Waals surface area contributed by atoms with Gasteiger partial charge in [-0.25, -0.2) is 8.42 Å². The molecule has 0 N–H and O–H groups in total. The average molecular weight is 347 g/mol. The molecule has 1 aliphatic rings. The fourth-order valence-electron chi connectivity index (χ4n) is 2.61. The van der Waals surface area contributed by atoms with Crippen LogP contribution in [0.4, 0.5) is 8.78 Å². The predicted molar refractivity (Wildman–Crippen MR) is 81.0 cm³/mol. The topological polar surface area (TPSA) is 63.7 Å². The summed E-state index contributed by atoms with van der Waals surface area (Å²) in [4.78, 5) is 13.3. The van der Waals surface area contributed by atoms with Crippen molar-refractivity contribution < 1.29 is 26.7 Å². The quantitative estimate of drug-likeness (QED) is 0.781. The molecule has 1 atom stereocenters. The van der Waals surface area contributed by atoms with E-state index >= 15 is 0 Å². The van der Waals surface area contributed by atoms with E-state index < -0.39 is 33.3 Å². The van der Waals surface area contributed by atoms with Gasteiger partial charge in [0.05, 0.1) is 18.1 Å². The summed E-state index contributed by atoms with van der Waals surface area (Å²) in [7, 11) is -1.90. The second kappa shape index (κ2) is 6.92. The second-order valence-electron chi connectivity index (χ2n) is 5.49. The Morgan fingerprint density at radius 1 is 1.35 bits per heavy atom. The van der Waals surface area contributed by atoms with Crippen LogP contribution in [-0.4, -0.2) is 57.0 Å². The number of methoxy groups -OCH3 is 1. The Balaban J connectivity index is 2.26.